The van der Waals surface area contributed by atoms with Gasteiger partial charge in [0.05, 0.1) is 17.8 Å². The fourth-order valence-electron chi connectivity index (χ4n) is 5.21. The highest BCUT2D eigenvalue weighted by molar-refractivity contribution is 7.99. The van der Waals surface area contributed by atoms with Crippen LogP contribution in [-0.4, -0.2) is 42.9 Å². The van der Waals surface area contributed by atoms with Crippen LogP contribution in [0.4, 0.5) is 5.69 Å². The third-order valence-corrected chi connectivity index (χ3v) is 8.75. The third-order valence-electron chi connectivity index (χ3n) is 7.61. The van der Waals surface area contributed by atoms with E-state index in [0.717, 1.165) is 46.6 Å². The fourth-order valence-corrected chi connectivity index (χ4v) is 6.27. The van der Waals surface area contributed by atoms with Crippen molar-refractivity contribution in [1.82, 2.24) is 10.2 Å². The summed E-state index contributed by atoms with van der Waals surface area (Å²) in [6.07, 6.45) is 2.52. The zero-order valence-electron chi connectivity index (χ0n) is 22.6. The van der Waals surface area contributed by atoms with E-state index in [1.165, 1.54) is 18.4 Å². The predicted molar refractivity (Wildman–Crippen MR) is 155 cm³/mol. The van der Waals surface area contributed by atoms with Crippen LogP contribution in [0.1, 0.15) is 58.5 Å². The predicted octanol–water partition coefficient (Wildman–Crippen LogP) is 6.40. The summed E-state index contributed by atoms with van der Waals surface area (Å²) in [5.41, 5.74) is 4.28. The third kappa shape index (κ3) is 6.13. The van der Waals surface area contributed by atoms with Gasteiger partial charge in [-0.25, -0.2) is 0 Å². The number of anilines is 1. The number of carbonyl (C=O) groups excluding carboxylic acids is 2. The molecule has 2 aliphatic rings. The molecule has 38 heavy (non-hydrogen) atoms. The Bertz CT molecular complexity index is 1300. The zero-order valence-corrected chi connectivity index (χ0v) is 23.4. The van der Waals surface area contributed by atoms with Crippen molar-refractivity contribution >= 4 is 29.3 Å². The van der Waals surface area contributed by atoms with Gasteiger partial charge in [-0.05, 0) is 80.6 Å². The van der Waals surface area contributed by atoms with Gasteiger partial charge >= 0.3 is 0 Å². The molecule has 0 saturated carbocycles. The Hall–Kier alpha value is -3.09. The van der Waals surface area contributed by atoms with Gasteiger partial charge in [0.1, 0.15) is 0 Å². The van der Waals surface area contributed by atoms with Crippen molar-refractivity contribution in [3.63, 3.8) is 0 Å². The van der Waals surface area contributed by atoms with Crippen LogP contribution in [0.5, 0.6) is 0 Å². The zero-order chi connectivity index (χ0) is 26.6. The maximum Gasteiger partial charge on any atom is 0.259 e. The minimum Gasteiger partial charge on any atom is -0.352 e. The standard InChI is InChI=1S/C32H37N3O2S/c1-22-8-10-25(11-9-22)21-35-28-18-26(12-13-30(28)38-29-7-5-4-6-27(29)32(35)37)31(36)33-19-24(3)20-34-16-14-23(2)15-17-34/h4-13,18,23-24H,14-17,19-21H2,1-3H3,(H,33,36)/t24-/m1/s1. The SMILES string of the molecule is Cc1ccc(CN2C(=O)c3ccccc3Sc3ccc(C(=O)NC[C@@H](C)CN4CCC(C)CC4)cc32)cc1. The van der Waals surface area contributed by atoms with Gasteiger partial charge in [-0.15, -0.1) is 0 Å². The van der Waals surface area contributed by atoms with Gasteiger partial charge in [0.15, 0.2) is 0 Å². The van der Waals surface area contributed by atoms with Crippen LogP contribution >= 0.6 is 11.8 Å². The lowest BCUT2D eigenvalue weighted by Gasteiger charge is -2.32. The summed E-state index contributed by atoms with van der Waals surface area (Å²) in [5, 5.41) is 3.14. The summed E-state index contributed by atoms with van der Waals surface area (Å²) in [4.78, 5) is 33.2. The molecule has 2 amide bonds. The second-order valence-electron chi connectivity index (χ2n) is 11.0. The number of nitrogens with zero attached hydrogens (tertiary/aromatic N) is 2. The molecule has 2 heterocycles. The highest BCUT2D eigenvalue weighted by Crippen LogP contribution is 2.42. The largest absolute Gasteiger partial charge is 0.352 e. The number of amides is 2. The number of fused-ring (bicyclic) bond motifs is 2. The summed E-state index contributed by atoms with van der Waals surface area (Å²) in [6.45, 7) is 11.0. The highest BCUT2D eigenvalue weighted by atomic mass is 32.2. The number of likely N-dealkylation sites (tertiary alicyclic amines) is 1. The first kappa shape index (κ1) is 26.5. The molecule has 3 aromatic rings. The smallest absolute Gasteiger partial charge is 0.259 e. The summed E-state index contributed by atoms with van der Waals surface area (Å²) < 4.78 is 0. The molecule has 1 atom stereocenters. The Balaban J connectivity index is 1.35. The molecule has 1 N–H and O–H groups in total. The van der Waals surface area contributed by atoms with Crippen LogP contribution in [0.15, 0.2) is 76.5 Å². The number of piperidine rings is 1. The number of benzene rings is 3. The van der Waals surface area contributed by atoms with Gasteiger partial charge in [0.2, 0.25) is 0 Å². The summed E-state index contributed by atoms with van der Waals surface area (Å²) in [6, 6.07) is 21.7. The molecule has 5 rings (SSSR count). The molecule has 0 aromatic heterocycles. The molecule has 1 saturated heterocycles. The summed E-state index contributed by atoms with van der Waals surface area (Å²) in [7, 11) is 0. The van der Waals surface area contributed by atoms with Crippen LogP contribution in [-0.2, 0) is 6.54 Å². The van der Waals surface area contributed by atoms with Crippen molar-refractivity contribution in [3.05, 3.63) is 89.0 Å². The topological polar surface area (TPSA) is 52.7 Å². The van der Waals surface area contributed by atoms with Crippen LogP contribution in [0.3, 0.4) is 0 Å². The van der Waals surface area contributed by atoms with Gasteiger partial charge in [0.25, 0.3) is 11.8 Å². The Morgan fingerprint density at radius 1 is 1.03 bits per heavy atom. The first-order valence-electron chi connectivity index (χ1n) is 13.7. The Labute approximate surface area is 230 Å². The Morgan fingerprint density at radius 2 is 1.76 bits per heavy atom. The minimum absolute atomic E-state index is 0.0468. The second kappa shape index (κ2) is 11.7. The van der Waals surface area contributed by atoms with E-state index in [4.69, 9.17) is 0 Å². The molecule has 5 nitrogen and oxygen atoms in total. The van der Waals surface area contributed by atoms with Gasteiger partial charge < -0.3 is 15.1 Å². The lowest BCUT2D eigenvalue weighted by Crippen LogP contribution is -2.39. The molecule has 0 aliphatic carbocycles. The van der Waals surface area contributed by atoms with Crippen LogP contribution < -0.4 is 10.2 Å². The number of aryl methyl sites for hydroxylation is 1. The monoisotopic (exact) mass is 527 g/mol. The first-order chi connectivity index (χ1) is 18.4. The van der Waals surface area contributed by atoms with Crippen molar-refractivity contribution in [2.45, 2.75) is 49.9 Å². The molecule has 1 fully saturated rings. The molecular formula is C32H37N3O2S. The molecule has 198 valence electrons. The number of nitrogens with one attached hydrogen (secondary N) is 1. The number of hydrogen-bond acceptors (Lipinski definition) is 4. The van der Waals surface area contributed by atoms with Gasteiger partial charge in [-0.3, -0.25) is 9.59 Å². The molecule has 0 bridgehead atoms. The van der Waals surface area contributed by atoms with E-state index >= 15 is 0 Å². The fraction of sp³-hybridized carbons (Fsp3) is 0.375. The van der Waals surface area contributed by atoms with Crippen molar-refractivity contribution < 1.29 is 9.59 Å². The van der Waals surface area contributed by atoms with Crippen molar-refractivity contribution in [1.29, 1.82) is 0 Å². The van der Waals surface area contributed by atoms with E-state index in [-0.39, 0.29) is 11.8 Å². The first-order valence-corrected chi connectivity index (χ1v) is 14.5. The maximum absolute atomic E-state index is 13.8. The summed E-state index contributed by atoms with van der Waals surface area (Å²) >= 11 is 1.58. The average molecular weight is 528 g/mol. The molecule has 0 radical (unpaired) electrons. The number of rotatable bonds is 7. The van der Waals surface area contributed by atoms with E-state index in [9.17, 15) is 9.59 Å². The molecule has 3 aromatic carbocycles. The van der Waals surface area contributed by atoms with E-state index < -0.39 is 0 Å². The van der Waals surface area contributed by atoms with Crippen molar-refractivity contribution in [3.8, 4) is 0 Å². The lowest BCUT2D eigenvalue weighted by molar-refractivity contribution is 0.0938. The quantitative estimate of drug-likeness (QED) is 0.386. The van der Waals surface area contributed by atoms with E-state index in [1.54, 1.807) is 11.8 Å². The van der Waals surface area contributed by atoms with E-state index in [0.29, 0.717) is 30.1 Å². The molecular weight excluding hydrogens is 490 g/mol. The van der Waals surface area contributed by atoms with Crippen LogP contribution in [0, 0.1) is 18.8 Å². The molecule has 2 aliphatic heterocycles. The van der Waals surface area contributed by atoms with Gasteiger partial charge in [0, 0.05) is 28.4 Å². The van der Waals surface area contributed by atoms with Gasteiger partial charge in [-0.2, -0.15) is 0 Å². The minimum atomic E-state index is -0.0959. The number of carbonyl (C=O) groups is 2. The van der Waals surface area contributed by atoms with E-state index in [2.05, 4.69) is 55.3 Å². The normalized spacial score (nSPS) is 16.9. The molecule has 0 spiro atoms. The average Bonchev–Trinajstić information content (AvgIpc) is 3.04. The Morgan fingerprint density at radius 3 is 2.53 bits per heavy atom. The molecule has 0 unspecified atom stereocenters. The Kier molecular flexibility index (Phi) is 8.20. The van der Waals surface area contributed by atoms with Crippen molar-refractivity contribution in [2.75, 3.05) is 31.1 Å². The highest BCUT2D eigenvalue weighted by Gasteiger charge is 2.28. The maximum atomic E-state index is 13.8. The number of hydrogen-bond donors (Lipinski definition) is 1. The van der Waals surface area contributed by atoms with Gasteiger partial charge in [-0.1, -0.05) is 67.6 Å². The van der Waals surface area contributed by atoms with Crippen LogP contribution in [0.25, 0.3) is 0 Å². The van der Waals surface area contributed by atoms with E-state index in [1.807, 2.05) is 47.4 Å². The second-order valence-corrected chi connectivity index (χ2v) is 12.0. The summed E-state index contributed by atoms with van der Waals surface area (Å²) in [5.74, 6) is 1.05. The van der Waals surface area contributed by atoms with Crippen LogP contribution in [0.2, 0.25) is 0 Å². The molecule has 6 heteroatoms. The van der Waals surface area contributed by atoms with Crippen molar-refractivity contribution in [2.24, 2.45) is 11.8 Å². The lowest BCUT2D eigenvalue weighted by atomic mass is 9.98.